The first-order valence-electron chi connectivity index (χ1n) is 6.23. The zero-order valence-electron chi connectivity index (χ0n) is 10.8. The number of benzene rings is 1. The SMILES string of the molecule is COC(=O)C(NC(=O)C1CCSC1)c1ccccc1. The maximum atomic E-state index is 12.1. The predicted molar refractivity (Wildman–Crippen MR) is 74.8 cm³/mol. The third-order valence-corrected chi connectivity index (χ3v) is 4.32. The van der Waals surface area contributed by atoms with Crippen molar-refractivity contribution >= 4 is 23.6 Å². The maximum absolute atomic E-state index is 12.1. The summed E-state index contributed by atoms with van der Waals surface area (Å²) in [6, 6.07) is 8.44. The van der Waals surface area contributed by atoms with Gasteiger partial charge in [0.2, 0.25) is 5.91 Å². The largest absolute Gasteiger partial charge is 0.467 e. The van der Waals surface area contributed by atoms with Gasteiger partial charge < -0.3 is 10.1 Å². The number of amides is 1. The van der Waals surface area contributed by atoms with E-state index in [1.807, 2.05) is 30.3 Å². The molecule has 1 aliphatic heterocycles. The molecule has 102 valence electrons. The number of thioether (sulfide) groups is 1. The molecule has 1 N–H and O–H groups in total. The van der Waals surface area contributed by atoms with E-state index < -0.39 is 12.0 Å². The van der Waals surface area contributed by atoms with Crippen LogP contribution in [0.2, 0.25) is 0 Å². The minimum atomic E-state index is -0.718. The molecule has 1 fully saturated rings. The first-order valence-corrected chi connectivity index (χ1v) is 7.38. The summed E-state index contributed by atoms with van der Waals surface area (Å²) in [5.74, 6) is 1.33. The molecule has 19 heavy (non-hydrogen) atoms. The second kappa shape index (κ2) is 6.61. The molecule has 2 atom stereocenters. The molecular formula is C14H17NO3S. The van der Waals surface area contributed by atoms with E-state index in [9.17, 15) is 9.59 Å². The predicted octanol–water partition coefficient (Wildman–Crippen LogP) is 1.77. The lowest BCUT2D eigenvalue weighted by molar-refractivity contribution is -0.145. The molecule has 1 amide bonds. The third-order valence-electron chi connectivity index (χ3n) is 3.16. The molecule has 1 aromatic rings. The van der Waals surface area contributed by atoms with Crippen LogP contribution in [0.25, 0.3) is 0 Å². The van der Waals surface area contributed by atoms with Crippen LogP contribution in [0, 0.1) is 5.92 Å². The Morgan fingerprint density at radius 2 is 2.11 bits per heavy atom. The number of hydrogen-bond donors (Lipinski definition) is 1. The van der Waals surface area contributed by atoms with Crippen LogP contribution in [0.4, 0.5) is 0 Å². The van der Waals surface area contributed by atoms with Crippen molar-refractivity contribution in [1.29, 1.82) is 0 Å². The lowest BCUT2D eigenvalue weighted by atomic mass is 10.0. The van der Waals surface area contributed by atoms with Gasteiger partial charge in [0.05, 0.1) is 7.11 Å². The van der Waals surface area contributed by atoms with Gasteiger partial charge in [-0.25, -0.2) is 4.79 Å². The van der Waals surface area contributed by atoms with Crippen LogP contribution in [-0.4, -0.2) is 30.5 Å². The molecule has 0 radical (unpaired) electrons. The third kappa shape index (κ3) is 3.50. The van der Waals surface area contributed by atoms with E-state index in [0.29, 0.717) is 0 Å². The summed E-state index contributed by atoms with van der Waals surface area (Å²) >= 11 is 1.77. The Hall–Kier alpha value is -1.49. The van der Waals surface area contributed by atoms with Crippen molar-refractivity contribution in [3.05, 3.63) is 35.9 Å². The number of rotatable bonds is 4. The van der Waals surface area contributed by atoms with Gasteiger partial charge in [-0.3, -0.25) is 4.79 Å². The van der Waals surface area contributed by atoms with Crippen LogP contribution < -0.4 is 5.32 Å². The standard InChI is InChI=1S/C14H17NO3S/c1-18-14(17)12(10-5-3-2-4-6-10)15-13(16)11-7-8-19-9-11/h2-6,11-12H,7-9H2,1H3,(H,15,16). The van der Waals surface area contributed by atoms with Gasteiger partial charge in [0.25, 0.3) is 0 Å². The lowest BCUT2D eigenvalue weighted by Crippen LogP contribution is -2.38. The Balaban J connectivity index is 2.10. The molecule has 0 spiro atoms. The van der Waals surface area contributed by atoms with Crippen molar-refractivity contribution in [3.8, 4) is 0 Å². The van der Waals surface area contributed by atoms with E-state index in [4.69, 9.17) is 4.74 Å². The lowest BCUT2D eigenvalue weighted by Gasteiger charge is -2.18. The van der Waals surface area contributed by atoms with Gasteiger partial charge in [-0.1, -0.05) is 30.3 Å². The fourth-order valence-electron chi connectivity index (χ4n) is 2.04. The Morgan fingerprint density at radius 1 is 1.37 bits per heavy atom. The Labute approximate surface area is 116 Å². The molecule has 1 aliphatic rings. The van der Waals surface area contributed by atoms with E-state index in [1.165, 1.54) is 7.11 Å². The average Bonchev–Trinajstić information content (AvgIpc) is 2.99. The van der Waals surface area contributed by atoms with Crippen molar-refractivity contribution in [3.63, 3.8) is 0 Å². The van der Waals surface area contributed by atoms with Gasteiger partial charge in [-0.15, -0.1) is 0 Å². The summed E-state index contributed by atoms with van der Waals surface area (Å²) in [6.07, 6.45) is 0.874. The number of esters is 1. The highest BCUT2D eigenvalue weighted by molar-refractivity contribution is 7.99. The molecule has 2 unspecified atom stereocenters. The minimum Gasteiger partial charge on any atom is -0.467 e. The molecule has 0 bridgehead atoms. The summed E-state index contributed by atoms with van der Waals surface area (Å²) in [4.78, 5) is 23.9. The first-order chi connectivity index (χ1) is 9.22. The monoisotopic (exact) mass is 279 g/mol. The van der Waals surface area contributed by atoms with Crippen LogP contribution in [0.5, 0.6) is 0 Å². The number of methoxy groups -OCH3 is 1. The topological polar surface area (TPSA) is 55.4 Å². The second-order valence-electron chi connectivity index (χ2n) is 4.44. The minimum absolute atomic E-state index is 0.000804. The Kier molecular flexibility index (Phi) is 4.85. The maximum Gasteiger partial charge on any atom is 0.333 e. The van der Waals surface area contributed by atoms with Crippen LogP contribution in [-0.2, 0) is 14.3 Å². The van der Waals surface area contributed by atoms with Gasteiger partial charge in [0, 0.05) is 11.7 Å². The van der Waals surface area contributed by atoms with E-state index in [0.717, 1.165) is 23.5 Å². The molecule has 4 nitrogen and oxygen atoms in total. The van der Waals surface area contributed by atoms with Crippen LogP contribution >= 0.6 is 11.8 Å². The summed E-state index contributed by atoms with van der Waals surface area (Å²) in [7, 11) is 1.33. The molecule has 1 heterocycles. The summed E-state index contributed by atoms with van der Waals surface area (Å²) in [6.45, 7) is 0. The zero-order valence-corrected chi connectivity index (χ0v) is 11.6. The van der Waals surface area contributed by atoms with Gasteiger partial charge in [0.1, 0.15) is 0 Å². The fourth-order valence-corrected chi connectivity index (χ4v) is 3.26. The smallest absolute Gasteiger partial charge is 0.333 e. The zero-order chi connectivity index (χ0) is 13.7. The molecule has 2 rings (SSSR count). The highest BCUT2D eigenvalue weighted by Crippen LogP contribution is 2.24. The molecular weight excluding hydrogens is 262 g/mol. The van der Waals surface area contributed by atoms with Crippen molar-refractivity contribution in [1.82, 2.24) is 5.32 Å². The van der Waals surface area contributed by atoms with Crippen LogP contribution in [0.1, 0.15) is 18.0 Å². The summed E-state index contributed by atoms with van der Waals surface area (Å²) in [5, 5.41) is 2.80. The van der Waals surface area contributed by atoms with Crippen molar-refractivity contribution in [2.45, 2.75) is 12.5 Å². The molecule has 1 saturated heterocycles. The molecule has 1 aromatic carbocycles. The van der Waals surface area contributed by atoms with E-state index in [2.05, 4.69) is 5.32 Å². The van der Waals surface area contributed by atoms with Gasteiger partial charge in [-0.05, 0) is 17.7 Å². The molecule has 0 aliphatic carbocycles. The summed E-state index contributed by atoms with van der Waals surface area (Å²) in [5.41, 5.74) is 0.744. The quantitative estimate of drug-likeness (QED) is 0.853. The number of hydrogen-bond acceptors (Lipinski definition) is 4. The van der Waals surface area contributed by atoms with Crippen molar-refractivity contribution in [2.75, 3.05) is 18.6 Å². The van der Waals surface area contributed by atoms with Crippen molar-refractivity contribution < 1.29 is 14.3 Å². The van der Waals surface area contributed by atoms with Crippen LogP contribution in [0.15, 0.2) is 30.3 Å². The number of nitrogens with one attached hydrogen (secondary N) is 1. The molecule has 5 heteroatoms. The van der Waals surface area contributed by atoms with Crippen LogP contribution in [0.3, 0.4) is 0 Å². The van der Waals surface area contributed by atoms with E-state index in [-0.39, 0.29) is 11.8 Å². The number of carbonyl (C=O) groups excluding carboxylic acids is 2. The summed E-state index contributed by atoms with van der Waals surface area (Å²) < 4.78 is 4.77. The van der Waals surface area contributed by atoms with E-state index in [1.54, 1.807) is 11.8 Å². The second-order valence-corrected chi connectivity index (χ2v) is 5.59. The Morgan fingerprint density at radius 3 is 2.68 bits per heavy atom. The van der Waals surface area contributed by atoms with Gasteiger partial charge in [-0.2, -0.15) is 11.8 Å². The molecule has 0 aromatic heterocycles. The van der Waals surface area contributed by atoms with Gasteiger partial charge >= 0.3 is 5.97 Å². The highest BCUT2D eigenvalue weighted by Gasteiger charge is 2.29. The number of ether oxygens (including phenoxy) is 1. The van der Waals surface area contributed by atoms with E-state index >= 15 is 0 Å². The van der Waals surface area contributed by atoms with Crippen molar-refractivity contribution in [2.24, 2.45) is 5.92 Å². The highest BCUT2D eigenvalue weighted by atomic mass is 32.2. The number of carbonyl (C=O) groups is 2. The average molecular weight is 279 g/mol. The van der Waals surface area contributed by atoms with Gasteiger partial charge in [0.15, 0.2) is 6.04 Å². The fraction of sp³-hybridized carbons (Fsp3) is 0.429. The molecule has 0 saturated carbocycles. The normalized spacial score (nSPS) is 19.7. The Bertz CT molecular complexity index is 443. The first kappa shape index (κ1) is 13.9.